The van der Waals surface area contributed by atoms with E-state index < -0.39 is 4.92 Å². The zero-order chi connectivity index (χ0) is 15.6. The van der Waals surface area contributed by atoms with Gasteiger partial charge in [0.15, 0.2) is 6.29 Å². The van der Waals surface area contributed by atoms with E-state index in [2.05, 4.69) is 0 Å². The number of nitro benzene ring substituents is 1. The van der Waals surface area contributed by atoms with E-state index in [1.807, 2.05) is 0 Å². The molecule has 0 aliphatic rings. The summed E-state index contributed by atoms with van der Waals surface area (Å²) in [5.41, 5.74) is 1.58. The van der Waals surface area contributed by atoms with Crippen LogP contribution < -0.4 is 4.74 Å². The summed E-state index contributed by atoms with van der Waals surface area (Å²) < 4.78 is 5.68. The number of benzene rings is 2. The van der Waals surface area contributed by atoms with E-state index in [0.29, 0.717) is 39.5 Å². The van der Waals surface area contributed by atoms with Crippen molar-refractivity contribution in [2.45, 2.75) is 13.8 Å². The lowest BCUT2D eigenvalue weighted by atomic mass is 10.1. The van der Waals surface area contributed by atoms with Gasteiger partial charge in [0.1, 0.15) is 11.5 Å². The average Bonchev–Trinajstić information content (AvgIpc) is 2.42. The molecule has 0 aromatic heterocycles. The van der Waals surface area contributed by atoms with Crippen LogP contribution in [0.4, 0.5) is 5.69 Å². The van der Waals surface area contributed by atoms with Crippen molar-refractivity contribution >= 4 is 23.6 Å². The van der Waals surface area contributed by atoms with Crippen LogP contribution in [0.1, 0.15) is 21.5 Å². The van der Waals surface area contributed by atoms with E-state index >= 15 is 0 Å². The van der Waals surface area contributed by atoms with Gasteiger partial charge in [0, 0.05) is 23.3 Å². The van der Waals surface area contributed by atoms with Crippen molar-refractivity contribution in [2.75, 3.05) is 0 Å². The number of nitro groups is 1. The number of hydrogen-bond donors (Lipinski definition) is 0. The molecule has 6 heteroatoms. The number of carbonyl (C=O) groups excluding carboxylic acids is 1. The van der Waals surface area contributed by atoms with Crippen LogP contribution in [0.3, 0.4) is 0 Å². The topological polar surface area (TPSA) is 69.4 Å². The van der Waals surface area contributed by atoms with Crippen molar-refractivity contribution in [3.63, 3.8) is 0 Å². The summed E-state index contributed by atoms with van der Waals surface area (Å²) in [6.07, 6.45) is 0.660. The van der Waals surface area contributed by atoms with Gasteiger partial charge in [0.2, 0.25) is 0 Å². The van der Waals surface area contributed by atoms with Crippen LogP contribution in [0.25, 0.3) is 0 Å². The number of aryl methyl sites for hydroxylation is 2. The molecule has 21 heavy (non-hydrogen) atoms. The Labute approximate surface area is 126 Å². The molecule has 5 nitrogen and oxygen atoms in total. The Morgan fingerprint density at radius 3 is 2.48 bits per heavy atom. The second-order valence-electron chi connectivity index (χ2n) is 4.56. The Morgan fingerprint density at radius 2 is 1.90 bits per heavy atom. The van der Waals surface area contributed by atoms with Gasteiger partial charge in [-0.2, -0.15) is 0 Å². The van der Waals surface area contributed by atoms with E-state index in [0.717, 1.165) is 0 Å². The maximum Gasteiger partial charge on any atom is 0.272 e. The second-order valence-corrected chi connectivity index (χ2v) is 4.97. The third-order valence-electron chi connectivity index (χ3n) is 3.02. The summed E-state index contributed by atoms with van der Waals surface area (Å²) in [7, 11) is 0. The molecule has 0 bridgehead atoms. The van der Waals surface area contributed by atoms with E-state index in [9.17, 15) is 14.9 Å². The van der Waals surface area contributed by atoms with E-state index in [1.54, 1.807) is 32.0 Å². The van der Waals surface area contributed by atoms with Gasteiger partial charge in [-0.3, -0.25) is 14.9 Å². The summed E-state index contributed by atoms with van der Waals surface area (Å²) in [6.45, 7) is 3.37. The molecule has 2 aromatic rings. The van der Waals surface area contributed by atoms with E-state index in [1.165, 1.54) is 12.1 Å². The van der Waals surface area contributed by atoms with Gasteiger partial charge in [-0.1, -0.05) is 11.6 Å². The van der Waals surface area contributed by atoms with Crippen molar-refractivity contribution in [1.82, 2.24) is 0 Å². The molecule has 0 saturated heterocycles. The Hall–Kier alpha value is -2.40. The highest BCUT2D eigenvalue weighted by atomic mass is 35.5. The zero-order valence-electron chi connectivity index (χ0n) is 11.4. The van der Waals surface area contributed by atoms with Crippen LogP contribution >= 0.6 is 11.6 Å². The maximum atomic E-state index is 10.9. The molecule has 2 aromatic carbocycles. The molecule has 0 unspecified atom stereocenters. The highest BCUT2D eigenvalue weighted by molar-refractivity contribution is 6.33. The summed E-state index contributed by atoms with van der Waals surface area (Å²) in [5, 5.41) is 11.2. The minimum Gasteiger partial charge on any atom is -0.457 e. The first-order chi connectivity index (χ1) is 9.92. The predicted octanol–water partition coefficient (Wildman–Crippen LogP) is 4.47. The molecule has 108 valence electrons. The fourth-order valence-electron chi connectivity index (χ4n) is 1.88. The van der Waals surface area contributed by atoms with Crippen molar-refractivity contribution in [3.05, 3.63) is 62.2 Å². The lowest BCUT2D eigenvalue weighted by molar-refractivity contribution is -0.385. The lowest BCUT2D eigenvalue weighted by Crippen LogP contribution is -1.95. The number of carbonyl (C=O) groups is 1. The molecule has 0 spiro atoms. The Morgan fingerprint density at radius 1 is 1.19 bits per heavy atom. The molecule has 0 heterocycles. The summed E-state index contributed by atoms with van der Waals surface area (Å²) in [6, 6.07) is 7.77. The second kappa shape index (κ2) is 5.93. The third kappa shape index (κ3) is 3.20. The molecule has 0 fully saturated rings. The monoisotopic (exact) mass is 305 g/mol. The molecule has 0 saturated carbocycles. The minimum absolute atomic E-state index is 0.0502. The highest BCUT2D eigenvalue weighted by Gasteiger charge is 2.14. The van der Waals surface area contributed by atoms with Crippen molar-refractivity contribution < 1.29 is 14.5 Å². The summed E-state index contributed by atoms with van der Waals surface area (Å²) in [5.74, 6) is 0.968. The molecule has 0 atom stereocenters. The van der Waals surface area contributed by atoms with Gasteiger partial charge in [-0.05, 0) is 37.6 Å². The van der Waals surface area contributed by atoms with Crippen molar-refractivity contribution in [2.24, 2.45) is 0 Å². The number of hydrogen-bond acceptors (Lipinski definition) is 4. The van der Waals surface area contributed by atoms with Gasteiger partial charge < -0.3 is 4.74 Å². The standard InChI is InChI=1S/C15H12ClNO4/c1-9-6-15(10(2)5-14(9)17(19)20)21-12-4-3-11(8-18)13(16)7-12/h3-8H,1-2H3. The molecular formula is C15H12ClNO4. The van der Waals surface area contributed by atoms with Gasteiger partial charge in [0.05, 0.1) is 9.95 Å². The molecule has 0 aliphatic carbocycles. The normalized spacial score (nSPS) is 10.2. The fraction of sp³-hybridized carbons (Fsp3) is 0.133. The van der Waals surface area contributed by atoms with Gasteiger partial charge in [0.25, 0.3) is 5.69 Å². The first-order valence-electron chi connectivity index (χ1n) is 6.10. The van der Waals surface area contributed by atoms with Gasteiger partial charge >= 0.3 is 0 Å². The van der Waals surface area contributed by atoms with E-state index in [-0.39, 0.29) is 5.69 Å². The third-order valence-corrected chi connectivity index (χ3v) is 3.34. The van der Waals surface area contributed by atoms with Crippen LogP contribution in [0, 0.1) is 24.0 Å². The van der Waals surface area contributed by atoms with Crippen LogP contribution in [0.2, 0.25) is 5.02 Å². The Balaban J connectivity index is 2.36. The lowest BCUT2D eigenvalue weighted by Gasteiger charge is -2.10. The number of aldehydes is 1. The first kappa shape index (κ1) is 15.0. The van der Waals surface area contributed by atoms with Crippen LogP contribution in [-0.2, 0) is 0 Å². The minimum atomic E-state index is -0.429. The molecule has 0 radical (unpaired) electrons. The maximum absolute atomic E-state index is 10.9. The van der Waals surface area contributed by atoms with Crippen LogP contribution in [-0.4, -0.2) is 11.2 Å². The number of ether oxygens (including phenoxy) is 1. The molecule has 0 N–H and O–H groups in total. The number of rotatable bonds is 4. The Bertz CT molecular complexity index is 728. The zero-order valence-corrected chi connectivity index (χ0v) is 12.2. The van der Waals surface area contributed by atoms with Crippen LogP contribution in [0.15, 0.2) is 30.3 Å². The fourth-order valence-corrected chi connectivity index (χ4v) is 2.09. The smallest absolute Gasteiger partial charge is 0.272 e. The average molecular weight is 306 g/mol. The van der Waals surface area contributed by atoms with Crippen molar-refractivity contribution in [1.29, 1.82) is 0 Å². The molecule has 0 amide bonds. The van der Waals surface area contributed by atoms with Gasteiger partial charge in [-0.25, -0.2) is 0 Å². The van der Waals surface area contributed by atoms with Crippen LogP contribution in [0.5, 0.6) is 11.5 Å². The molecule has 0 aliphatic heterocycles. The number of nitrogens with zero attached hydrogens (tertiary/aromatic N) is 1. The summed E-state index contributed by atoms with van der Waals surface area (Å²) in [4.78, 5) is 21.2. The largest absolute Gasteiger partial charge is 0.457 e. The SMILES string of the molecule is Cc1cc([N+](=O)[O-])c(C)cc1Oc1ccc(C=O)c(Cl)c1. The Kier molecular flexibility index (Phi) is 4.23. The summed E-state index contributed by atoms with van der Waals surface area (Å²) >= 11 is 5.93. The van der Waals surface area contributed by atoms with E-state index in [4.69, 9.17) is 16.3 Å². The van der Waals surface area contributed by atoms with Gasteiger partial charge in [-0.15, -0.1) is 0 Å². The quantitative estimate of drug-likeness (QED) is 0.475. The first-order valence-corrected chi connectivity index (χ1v) is 6.48. The number of halogens is 1. The molecular weight excluding hydrogens is 294 g/mol. The highest BCUT2D eigenvalue weighted by Crippen LogP contribution is 2.32. The van der Waals surface area contributed by atoms with Crippen molar-refractivity contribution in [3.8, 4) is 11.5 Å². The predicted molar refractivity (Wildman–Crippen MR) is 79.5 cm³/mol. The molecule has 2 rings (SSSR count).